The maximum absolute atomic E-state index is 13.1. The van der Waals surface area contributed by atoms with Gasteiger partial charge in [-0.05, 0) is 180 Å². The molecule has 0 aliphatic heterocycles. The number of hydrogen-bond acceptors (Lipinski definition) is 15. The summed E-state index contributed by atoms with van der Waals surface area (Å²) in [6.45, 7) is 4.46. The third-order valence-electron chi connectivity index (χ3n) is 16.8. The van der Waals surface area contributed by atoms with E-state index < -0.39 is 97.5 Å². The van der Waals surface area contributed by atoms with Crippen LogP contribution in [-0.2, 0) is 65.4 Å². The maximum Gasteiger partial charge on any atom is 0.472 e. The Kier molecular flexibility index (Phi) is 76.9. The van der Waals surface area contributed by atoms with Gasteiger partial charge in [0.1, 0.15) is 19.3 Å². The fourth-order valence-corrected chi connectivity index (χ4v) is 12.1. The van der Waals surface area contributed by atoms with Crippen LogP contribution in [0.5, 0.6) is 0 Å². The van der Waals surface area contributed by atoms with Crippen LogP contribution in [0.2, 0.25) is 0 Å². The zero-order chi connectivity index (χ0) is 80.3. The van der Waals surface area contributed by atoms with Crippen molar-refractivity contribution in [3.63, 3.8) is 0 Å². The average molecular weight is 1580 g/mol. The van der Waals surface area contributed by atoms with Crippen molar-refractivity contribution in [3.8, 4) is 0 Å². The summed E-state index contributed by atoms with van der Waals surface area (Å²) in [6, 6.07) is 0. The molecule has 0 rings (SSSR count). The monoisotopic (exact) mass is 1580 g/mol. The predicted octanol–water partition coefficient (Wildman–Crippen LogP) is 25.1. The number of phosphoric ester groups is 2. The number of rotatable bonds is 77. The number of allylic oxidation sites excluding steroid dienone is 30. The summed E-state index contributed by atoms with van der Waals surface area (Å²) >= 11 is 0. The molecule has 0 aliphatic carbocycles. The van der Waals surface area contributed by atoms with Crippen molar-refractivity contribution < 1.29 is 80.2 Å². The van der Waals surface area contributed by atoms with E-state index in [1.807, 2.05) is 12.2 Å². The lowest BCUT2D eigenvalue weighted by Crippen LogP contribution is -2.30. The van der Waals surface area contributed by atoms with E-state index in [1.165, 1.54) is 57.8 Å². The zero-order valence-corrected chi connectivity index (χ0v) is 70.1. The molecule has 0 heterocycles. The van der Waals surface area contributed by atoms with Crippen LogP contribution in [0.4, 0.5) is 0 Å². The molecule has 0 aromatic heterocycles. The maximum atomic E-state index is 13.1. The predicted molar refractivity (Wildman–Crippen MR) is 454 cm³/mol. The molecule has 110 heavy (non-hydrogen) atoms. The van der Waals surface area contributed by atoms with Crippen LogP contribution in [0, 0.1) is 0 Å². The number of carbonyl (C=O) groups is 4. The summed E-state index contributed by atoms with van der Waals surface area (Å²) in [5.74, 6) is -2.34. The second kappa shape index (κ2) is 81.2. The van der Waals surface area contributed by atoms with Crippen LogP contribution in [-0.4, -0.2) is 96.7 Å². The second-order valence-electron chi connectivity index (χ2n) is 27.3. The first-order chi connectivity index (χ1) is 53.7. The highest BCUT2D eigenvalue weighted by Gasteiger charge is 2.30. The van der Waals surface area contributed by atoms with Crippen molar-refractivity contribution in [3.05, 3.63) is 182 Å². The lowest BCUT2D eigenvalue weighted by Gasteiger charge is -2.21. The Morgan fingerprint density at radius 2 is 0.482 bits per heavy atom. The quantitative estimate of drug-likeness (QED) is 0.0169. The summed E-state index contributed by atoms with van der Waals surface area (Å²) in [5, 5.41) is 10.7. The lowest BCUT2D eigenvalue weighted by atomic mass is 10.1. The molecular formula is C91H148O17P2. The zero-order valence-electron chi connectivity index (χ0n) is 68.4. The van der Waals surface area contributed by atoms with E-state index in [1.54, 1.807) is 0 Å². The van der Waals surface area contributed by atoms with Gasteiger partial charge in [0.15, 0.2) is 12.2 Å². The topological polar surface area (TPSA) is 237 Å². The molecule has 3 N–H and O–H groups in total. The highest BCUT2D eigenvalue weighted by atomic mass is 31.2. The van der Waals surface area contributed by atoms with E-state index in [0.29, 0.717) is 32.1 Å². The Bertz CT molecular complexity index is 2800. The molecule has 0 saturated carbocycles. The summed E-state index contributed by atoms with van der Waals surface area (Å²) < 4.78 is 68.6. The van der Waals surface area contributed by atoms with Crippen LogP contribution < -0.4 is 0 Å². The van der Waals surface area contributed by atoms with Gasteiger partial charge in [-0.15, -0.1) is 0 Å². The minimum Gasteiger partial charge on any atom is -0.462 e. The van der Waals surface area contributed by atoms with E-state index in [0.717, 1.165) is 167 Å². The molecule has 0 bridgehead atoms. The third-order valence-corrected chi connectivity index (χ3v) is 18.7. The molecule has 0 aliphatic rings. The van der Waals surface area contributed by atoms with E-state index >= 15 is 0 Å². The molecule has 0 radical (unpaired) electrons. The first-order valence-corrected chi connectivity index (χ1v) is 45.0. The number of hydrogen-bond donors (Lipinski definition) is 3. The Morgan fingerprint density at radius 3 is 0.800 bits per heavy atom. The van der Waals surface area contributed by atoms with Crippen LogP contribution in [0.25, 0.3) is 0 Å². The first-order valence-electron chi connectivity index (χ1n) is 42.0. The van der Waals surface area contributed by atoms with Crippen molar-refractivity contribution in [2.24, 2.45) is 0 Å². The van der Waals surface area contributed by atoms with Gasteiger partial charge in [-0.1, -0.05) is 287 Å². The SMILES string of the molecule is CC/C=C\C/C=C\C/C=C\C/C=C\C/C=C\CCCCCC(=O)OC[C@H](COP(=O)(O)OC[C@@H](O)COP(=O)(O)OC[C@@H](COC(=O)CCCCCCC/C=C\CCCCCCCC)OC(=O)CCC/C=C\C/C=C\C/C=C\C/C=C\CCCCC)OC(=O)CCCCC/C=C\C/C=C\C/C=C\C/C=C\C/C=C\CC. The van der Waals surface area contributed by atoms with Gasteiger partial charge in [0.05, 0.1) is 26.4 Å². The van der Waals surface area contributed by atoms with Crippen LogP contribution in [0.3, 0.4) is 0 Å². The summed E-state index contributed by atoms with van der Waals surface area (Å²) in [6.07, 6.45) is 98.7. The van der Waals surface area contributed by atoms with Gasteiger partial charge in [-0.3, -0.25) is 37.3 Å². The number of aliphatic hydroxyl groups is 1. The van der Waals surface area contributed by atoms with Gasteiger partial charge in [0.2, 0.25) is 0 Å². The Labute approximate surface area is 666 Å². The first kappa shape index (κ1) is 104. The van der Waals surface area contributed by atoms with Crippen molar-refractivity contribution in [1.82, 2.24) is 0 Å². The number of unbranched alkanes of at least 4 members (excludes halogenated alkanes) is 21. The van der Waals surface area contributed by atoms with E-state index in [-0.39, 0.29) is 25.7 Å². The van der Waals surface area contributed by atoms with Gasteiger partial charge in [0.25, 0.3) is 0 Å². The largest absolute Gasteiger partial charge is 0.472 e. The summed E-state index contributed by atoms with van der Waals surface area (Å²) in [7, 11) is -10.0. The molecule has 2 unspecified atom stereocenters. The van der Waals surface area contributed by atoms with Crippen LogP contribution in [0.15, 0.2) is 182 Å². The lowest BCUT2D eigenvalue weighted by molar-refractivity contribution is -0.161. The summed E-state index contributed by atoms with van der Waals surface area (Å²) in [4.78, 5) is 73.2. The fourth-order valence-electron chi connectivity index (χ4n) is 10.5. The molecule has 0 aromatic carbocycles. The number of aliphatic hydroxyl groups excluding tert-OH is 1. The second-order valence-corrected chi connectivity index (χ2v) is 30.2. The van der Waals surface area contributed by atoms with E-state index in [4.69, 9.17) is 37.0 Å². The molecule has 5 atom stereocenters. The standard InChI is InChI=1S/C91H148O17P2/c1-5-9-13-17-21-25-29-33-37-40-42-45-48-52-56-60-64-68-72-76-89(94)102-82-87(108-91(96)78-74-70-66-62-58-54-50-46-43-41-38-34-30-26-22-18-14-10-6-2)84-106-110(99,100)104-80-85(92)79-103-109(97,98)105-83-86(81-101-88(93)75-71-67-63-59-55-51-47-36-32-28-24-20-16-12-8-4)107-90(95)77-73-69-65-61-57-53-49-44-39-35-31-27-23-19-15-11-7-3/h9-10,13-14,21-23,25-27,33-39,42-43,45-47,49,52-54,56,58,61,65,85-87,92H,5-8,11-12,15-20,24,28-32,40-41,44,48,50-51,55,57,59-60,62-64,66-84H2,1-4H3,(H,97,98)(H,99,100)/b13-9-,14-10-,25-21-,26-22-,27-23-,37-33-,38-34-,39-35-,45-42-,46-43-,47-36-,53-49-,56-52-,58-54-,65-61-/t85-,86+,87+/m0/s1. The van der Waals surface area contributed by atoms with E-state index in [9.17, 15) is 43.2 Å². The molecule has 0 spiro atoms. The minimum atomic E-state index is -5.01. The van der Waals surface area contributed by atoms with Crippen LogP contribution in [0.1, 0.15) is 310 Å². The minimum absolute atomic E-state index is 0.0107. The number of esters is 4. The molecule has 0 fully saturated rings. The van der Waals surface area contributed by atoms with Crippen molar-refractivity contribution in [2.45, 2.75) is 329 Å². The van der Waals surface area contributed by atoms with Gasteiger partial charge in [0, 0.05) is 25.7 Å². The molecule has 0 aromatic rings. The van der Waals surface area contributed by atoms with Crippen molar-refractivity contribution in [1.29, 1.82) is 0 Å². The molecule has 19 heteroatoms. The highest BCUT2D eigenvalue weighted by Crippen LogP contribution is 2.45. The van der Waals surface area contributed by atoms with Gasteiger partial charge in [-0.2, -0.15) is 0 Å². The summed E-state index contributed by atoms with van der Waals surface area (Å²) in [5.41, 5.74) is 0. The number of ether oxygens (including phenoxy) is 4. The molecular weight excluding hydrogens is 1430 g/mol. The van der Waals surface area contributed by atoms with Crippen molar-refractivity contribution >= 4 is 39.5 Å². The highest BCUT2D eigenvalue weighted by molar-refractivity contribution is 7.47. The Morgan fingerprint density at radius 1 is 0.264 bits per heavy atom. The molecule has 0 saturated heterocycles. The van der Waals surface area contributed by atoms with Crippen LogP contribution >= 0.6 is 15.6 Å². The fraction of sp³-hybridized carbons (Fsp3) is 0.626. The van der Waals surface area contributed by atoms with Gasteiger partial charge < -0.3 is 33.8 Å². The molecule has 624 valence electrons. The molecule has 17 nitrogen and oxygen atoms in total. The van der Waals surface area contributed by atoms with Crippen molar-refractivity contribution in [2.75, 3.05) is 39.6 Å². The number of phosphoric acid groups is 2. The normalized spacial score (nSPS) is 14.7. The van der Waals surface area contributed by atoms with Gasteiger partial charge in [-0.25, -0.2) is 9.13 Å². The van der Waals surface area contributed by atoms with Gasteiger partial charge >= 0.3 is 39.5 Å². The Balaban J connectivity index is 5.53. The third kappa shape index (κ3) is 80.2. The number of carbonyl (C=O) groups excluding carboxylic acids is 4. The molecule has 0 amide bonds. The van der Waals surface area contributed by atoms with E-state index in [2.05, 4.69) is 198 Å². The smallest absolute Gasteiger partial charge is 0.462 e. The Hall–Kier alpha value is -5.84. The average Bonchev–Trinajstić information content (AvgIpc) is 0.907.